The van der Waals surface area contributed by atoms with Crippen LogP contribution in [0.2, 0.25) is 0 Å². The second-order valence-corrected chi connectivity index (χ2v) is 6.64. The molecule has 0 aliphatic heterocycles. The Balaban J connectivity index is 1.85. The quantitative estimate of drug-likeness (QED) is 0.487. The van der Waals surface area contributed by atoms with Crippen molar-refractivity contribution in [3.63, 3.8) is 0 Å². The van der Waals surface area contributed by atoms with Gasteiger partial charge in [-0.3, -0.25) is 0 Å². The topological polar surface area (TPSA) is 80.9 Å². The Morgan fingerprint density at radius 2 is 1.44 bits per heavy atom. The highest BCUT2D eigenvalue weighted by Crippen LogP contribution is 2.55. The number of fused-ring (bicyclic) bond motifs is 3. The molecule has 4 heteroatoms. The third kappa shape index (κ3) is 1.73. The first-order valence-electron chi connectivity index (χ1n) is 7.33. The molecule has 3 aliphatic rings. The summed E-state index contributed by atoms with van der Waals surface area (Å²) in [6, 6.07) is 0. The lowest BCUT2D eigenvalue weighted by atomic mass is 9.55. The third-order valence-corrected chi connectivity index (χ3v) is 5.82. The highest BCUT2D eigenvalue weighted by Gasteiger charge is 2.60. The van der Waals surface area contributed by atoms with Crippen LogP contribution in [-0.2, 0) is 0 Å². The number of hydrogen-bond acceptors (Lipinski definition) is 4. The molecule has 0 saturated heterocycles. The first-order valence-corrected chi connectivity index (χ1v) is 7.33. The van der Waals surface area contributed by atoms with Gasteiger partial charge < -0.3 is 20.4 Å². The van der Waals surface area contributed by atoms with Crippen molar-refractivity contribution in [2.24, 2.45) is 23.7 Å². The first kappa shape index (κ1) is 12.9. The zero-order valence-electron chi connectivity index (χ0n) is 10.8. The van der Waals surface area contributed by atoms with Crippen LogP contribution in [0.25, 0.3) is 0 Å². The summed E-state index contributed by atoms with van der Waals surface area (Å²) < 4.78 is 0. The molecule has 3 fully saturated rings. The first-order chi connectivity index (χ1) is 8.43. The second-order valence-electron chi connectivity index (χ2n) is 6.64. The van der Waals surface area contributed by atoms with E-state index in [1.807, 2.05) is 0 Å². The van der Waals surface area contributed by atoms with Crippen molar-refractivity contribution >= 4 is 0 Å². The summed E-state index contributed by atoms with van der Waals surface area (Å²) in [4.78, 5) is 0. The minimum atomic E-state index is -2.34. The van der Waals surface area contributed by atoms with Crippen molar-refractivity contribution in [3.05, 3.63) is 0 Å². The Kier molecular flexibility index (Phi) is 2.98. The summed E-state index contributed by atoms with van der Waals surface area (Å²) in [5, 5.41) is 39.9. The molecule has 3 rings (SSSR count). The van der Waals surface area contributed by atoms with Crippen LogP contribution in [0, 0.1) is 23.7 Å². The van der Waals surface area contributed by atoms with Gasteiger partial charge in [0.15, 0.2) is 0 Å². The predicted octanol–water partition coefficient (Wildman–Crippen LogP) is 0.975. The van der Waals surface area contributed by atoms with Gasteiger partial charge in [0.25, 0.3) is 0 Å². The molecule has 0 heterocycles. The van der Waals surface area contributed by atoms with E-state index in [-0.39, 0.29) is 18.3 Å². The fourth-order valence-corrected chi connectivity index (χ4v) is 4.83. The van der Waals surface area contributed by atoms with Crippen LogP contribution in [0.5, 0.6) is 0 Å². The SMILES string of the molecule is OC1(O)CCC2C3CCCCC3CCC2C1(O)O. The second kappa shape index (κ2) is 4.17. The van der Waals surface area contributed by atoms with E-state index >= 15 is 0 Å². The highest BCUT2D eigenvalue weighted by atomic mass is 16.6. The third-order valence-electron chi connectivity index (χ3n) is 5.82. The molecule has 0 aromatic rings. The maximum Gasteiger partial charge on any atom is 0.221 e. The van der Waals surface area contributed by atoms with Gasteiger partial charge in [-0.2, -0.15) is 0 Å². The van der Waals surface area contributed by atoms with E-state index in [1.165, 1.54) is 25.7 Å². The molecule has 0 spiro atoms. The average Bonchev–Trinajstić information content (AvgIpc) is 2.34. The van der Waals surface area contributed by atoms with Gasteiger partial charge in [0.2, 0.25) is 11.6 Å². The average molecular weight is 256 g/mol. The Bertz CT molecular complexity index is 326. The van der Waals surface area contributed by atoms with Gasteiger partial charge >= 0.3 is 0 Å². The van der Waals surface area contributed by atoms with E-state index < -0.39 is 11.6 Å². The van der Waals surface area contributed by atoms with E-state index in [9.17, 15) is 20.4 Å². The molecule has 3 saturated carbocycles. The minimum absolute atomic E-state index is 0.0738. The van der Waals surface area contributed by atoms with Gasteiger partial charge in [-0.25, -0.2) is 0 Å². The molecule has 0 radical (unpaired) electrons. The van der Waals surface area contributed by atoms with Crippen LogP contribution in [0.3, 0.4) is 0 Å². The normalized spacial score (nSPS) is 46.0. The summed E-state index contributed by atoms with van der Waals surface area (Å²) in [7, 11) is 0. The van der Waals surface area contributed by atoms with Crippen LogP contribution >= 0.6 is 0 Å². The minimum Gasteiger partial charge on any atom is -0.361 e. The molecule has 0 aromatic carbocycles. The van der Waals surface area contributed by atoms with Gasteiger partial charge in [-0.05, 0) is 43.4 Å². The molecule has 0 aromatic heterocycles. The summed E-state index contributed by atoms with van der Waals surface area (Å²) in [5.41, 5.74) is 0. The van der Waals surface area contributed by atoms with Crippen LogP contribution in [0.1, 0.15) is 51.4 Å². The lowest BCUT2D eigenvalue weighted by Crippen LogP contribution is -2.65. The van der Waals surface area contributed by atoms with E-state index in [0.717, 1.165) is 12.3 Å². The Morgan fingerprint density at radius 1 is 0.722 bits per heavy atom. The lowest BCUT2D eigenvalue weighted by Gasteiger charge is -2.55. The zero-order chi connectivity index (χ0) is 13.0. The maximum absolute atomic E-state index is 10.1. The summed E-state index contributed by atoms with van der Waals surface area (Å²) in [6.45, 7) is 0. The molecule has 0 bridgehead atoms. The van der Waals surface area contributed by atoms with Crippen molar-refractivity contribution in [2.75, 3.05) is 0 Å². The zero-order valence-corrected chi connectivity index (χ0v) is 10.8. The van der Waals surface area contributed by atoms with Crippen molar-refractivity contribution in [3.8, 4) is 0 Å². The molecular weight excluding hydrogens is 232 g/mol. The van der Waals surface area contributed by atoms with Crippen LogP contribution in [-0.4, -0.2) is 32.0 Å². The molecule has 4 unspecified atom stereocenters. The van der Waals surface area contributed by atoms with E-state index in [2.05, 4.69) is 0 Å². The number of rotatable bonds is 0. The van der Waals surface area contributed by atoms with E-state index in [1.54, 1.807) is 0 Å². The van der Waals surface area contributed by atoms with Gasteiger partial charge in [0.05, 0.1) is 0 Å². The Morgan fingerprint density at radius 3 is 2.22 bits per heavy atom. The van der Waals surface area contributed by atoms with Crippen LogP contribution in [0.15, 0.2) is 0 Å². The standard InChI is InChI=1S/C14H24O4/c15-13(16)8-7-11-10-4-2-1-3-9(10)5-6-12(11)14(13,17)18/h9-12,15-18H,1-8H2. The fourth-order valence-electron chi connectivity index (χ4n) is 4.83. The molecule has 104 valence electrons. The summed E-state index contributed by atoms with van der Waals surface area (Å²) >= 11 is 0. The van der Waals surface area contributed by atoms with Gasteiger partial charge in [0, 0.05) is 12.3 Å². The van der Waals surface area contributed by atoms with Crippen LogP contribution in [0.4, 0.5) is 0 Å². The predicted molar refractivity (Wildman–Crippen MR) is 65.2 cm³/mol. The molecule has 18 heavy (non-hydrogen) atoms. The van der Waals surface area contributed by atoms with E-state index in [4.69, 9.17) is 0 Å². The van der Waals surface area contributed by atoms with Crippen LogP contribution < -0.4 is 0 Å². The molecule has 4 nitrogen and oxygen atoms in total. The molecule has 0 amide bonds. The highest BCUT2D eigenvalue weighted by molar-refractivity contribution is 5.02. The van der Waals surface area contributed by atoms with Gasteiger partial charge in [-0.1, -0.05) is 19.3 Å². The fraction of sp³-hybridized carbons (Fsp3) is 1.00. The van der Waals surface area contributed by atoms with Gasteiger partial charge in [-0.15, -0.1) is 0 Å². The smallest absolute Gasteiger partial charge is 0.221 e. The number of hydrogen-bond donors (Lipinski definition) is 4. The molecule has 3 aliphatic carbocycles. The monoisotopic (exact) mass is 256 g/mol. The van der Waals surface area contributed by atoms with Crippen molar-refractivity contribution in [1.29, 1.82) is 0 Å². The van der Waals surface area contributed by atoms with Gasteiger partial charge in [0.1, 0.15) is 0 Å². The molecule has 4 atom stereocenters. The molecular formula is C14H24O4. The lowest BCUT2D eigenvalue weighted by molar-refractivity contribution is -0.403. The van der Waals surface area contributed by atoms with Crippen molar-refractivity contribution in [1.82, 2.24) is 0 Å². The van der Waals surface area contributed by atoms with E-state index in [0.29, 0.717) is 18.8 Å². The largest absolute Gasteiger partial charge is 0.361 e. The summed E-state index contributed by atoms with van der Waals surface area (Å²) in [5.74, 6) is -3.51. The number of aliphatic hydroxyl groups is 4. The van der Waals surface area contributed by atoms with Crippen molar-refractivity contribution in [2.45, 2.75) is 62.9 Å². The van der Waals surface area contributed by atoms with Crippen molar-refractivity contribution < 1.29 is 20.4 Å². The summed E-state index contributed by atoms with van der Waals surface area (Å²) in [6.07, 6.45) is 7.47. The Labute approximate surface area is 108 Å². The maximum atomic E-state index is 10.1. The Hall–Kier alpha value is -0.160. The molecule has 4 N–H and O–H groups in total.